The van der Waals surface area contributed by atoms with E-state index in [1.165, 1.54) is 0 Å². The number of nitrogens with two attached hydrogens (primary N) is 1. The Hall–Kier alpha value is 0.0169. The van der Waals surface area contributed by atoms with E-state index in [0.717, 1.165) is 12.6 Å². The predicted octanol–water partition coefficient (Wildman–Crippen LogP) is 0.397. The molecule has 6 heteroatoms. The Bertz CT molecular complexity index is 154. The highest BCUT2D eigenvalue weighted by molar-refractivity contribution is 6.60. The molecule has 0 aliphatic carbocycles. The third kappa shape index (κ3) is 6.24. The van der Waals surface area contributed by atoms with E-state index in [4.69, 9.17) is 19.0 Å². The predicted molar refractivity (Wildman–Crippen MR) is 62.4 cm³/mol. The topological polar surface area (TPSA) is 65.7 Å². The van der Waals surface area contributed by atoms with E-state index in [0.29, 0.717) is 19.2 Å². The van der Waals surface area contributed by atoms with Crippen LogP contribution in [0.3, 0.4) is 0 Å². The van der Waals surface area contributed by atoms with Gasteiger partial charge in [0.15, 0.2) is 0 Å². The fourth-order valence-electron chi connectivity index (χ4n) is 1.26. The van der Waals surface area contributed by atoms with Crippen molar-refractivity contribution in [1.29, 1.82) is 0 Å². The van der Waals surface area contributed by atoms with Crippen LogP contribution >= 0.6 is 0 Å². The Balaban J connectivity index is 4.00. The van der Waals surface area contributed by atoms with E-state index in [9.17, 15) is 0 Å². The van der Waals surface area contributed by atoms with Gasteiger partial charge in [-0.3, -0.25) is 5.32 Å². The van der Waals surface area contributed by atoms with Crippen molar-refractivity contribution in [3.63, 3.8) is 0 Å². The van der Waals surface area contributed by atoms with Gasteiger partial charge >= 0.3 is 8.80 Å². The van der Waals surface area contributed by atoms with Gasteiger partial charge in [-0.1, -0.05) is 13.8 Å². The highest BCUT2D eigenvalue weighted by Crippen LogP contribution is 2.18. The second-order valence-corrected chi connectivity index (χ2v) is 6.65. The minimum Gasteiger partial charge on any atom is -0.377 e. The van der Waals surface area contributed by atoms with Crippen LogP contribution in [-0.4, -0.2) is 42.8 Å². The quantitative estimate of drug-likeness (QED) is 0.344. The average Bonchev–Trinajstić information content (AvgIpc) is 2.22. The van der Waals surface area contributed by atoms with Gasteiger partial charge in [-0.2, -0.15) is 0 Å². The second-order valence-electron chi connectivity index (χ2n) is 3.77. The molecular formula is C9H24N2O3Si. The second kappa shape index (κ2) is 8.20. The molecule has 92 valence electrons. The molecule has 0 aromatic heterocycles. The smallest absolute Gasteiger partial charge is 0.377 e. The molecule has 0 aliphatic heterocycles. The Kier molecular flexibility index (Phi) is 8.21. The van der Waals surface area contributed by atoms with Gasteiger partial charge in [0.05, 0.1) is 6.73 Å². The first-order chi connectivity index (χ1) is 7.10. The lowest BCUT2D eigenvalue weighted by molar-refractivity contribution is 0.0872. The maximum Gasteiger partial charge on any atom is 0.501 e. The molecule has 0 bridgehead atoms. The molecule has 0 amide bonds. The van der Waals surface area contributed by atoms with Crippen LogP contribution in [-0.2, 0) is 13.3 Å². The van der Waals surface area contributed by atoms with E-state index in [2.05, 4.69) is 19.2 Å². The molecule has 0 rings (SSSR count). The Morgan fingerprint density at radius 3 is 2.27 bits per heavy atom. The number of hydrogen-bond donors (Lipinski definition) is 2. The van der Waals surface area contributed by atoms with Gasteiger partial charge in [0.2, 0.25) is 0 Å². The van der Waals surface area contributed by atoms with Crippen LogP contribution in [0.15, 0.2) is 0 Å². The van der Waals surface area contributed by atoms with Crippen molar-refractivity contribution in [2.24, 2.45) is 11.7 Å². The third-order valence-corrected chi connectivity index (χ3v) is 5.14. The van der Waals surface area contributed by atoms with Gasteiger partial charge in [-0.05, 0) is 5.92 Å². The average molecular weight is 236 g/mol. The normalized spacial score (nSPS) is 12.4. The molecule has 0 atom stereocenters. The van der Waals surface area contributed by atoms with Gasteiger partial charge in [0, 0.05) is 33.4 Å². The molecule has 0 aliphatic rings. The van der Waals surface area contributed by atoms with E-state index in [1.54, 1.807) is 14.2 Å². The summed E-state index contributed by atoms with van der Waals surface area (Å²) in [5.41, 5.74) is 5.35. The zero-order chi connectivity index (χ0) is 11.7. The fourth-order valence-corrected chi connectivity index (χ4v) is 3.44. The molecule has 3 N–H and O–H groups in total. The summed E-state index contributed by atoms with van der Waals surface area (Å²) in [6, 6.07) is 0.824. The van der Waals surface area contributed by atoms with Crippen molar-refractivity contribution in [2.75, 3.05) is 34.0 Å². The fraction of sp³-hybridized carbons (Fsp3) is 1.00. The first kappa shape index (κ1) is 15.0. The van der Waals surface area contributed by atoms with Crippen LogP contribution in [0.2, 0.25) is 6.04 Å². The van der Waals surface area contributed by atoms with Crippen molar-refractivity contribution in [3.05, 3.63) is 0 Å². The number of nitrogens with one attached hydrogen (secondary N) is 1. The first-order valence-electron chi connectivity index (χ1n) is 5.25. The molecule has 0 radical (unpaired) electrons. The SMILES string of the molecule is CO[Si](CC(C)C)(OC)OCNCCN. The third-order valence-electron chi connectivity index (χ3n) is 2.00. The Morgan fingerprint density at radius 2 is 1.87 bits per heavy atom. The molecule has 15 heavy (non-hydrogen) atoms. The van der Waals surface area contributed by atoms with E-state index in [1.807, 2.05) is 0 Å². The molecule has 0 fully saturated rings. The largest absolute Gasteiger partial charge is 0.501 e. The Morgan fingerprint density at radius 1 is 1.27 bits per heavy atom. The van der Waals surface area contributed by atoms with E-state index >= 15 is 0 Å². The van der Waals surface area contributed by atoms with Gasteiger partial charge in [0.25, 0.3) is 0 Å². The Labute approximate surface area is 93.6 Å². The molecule has 0 spiro atoms. The summed E-state index contributed by atoms with van der Waals surface area (Å²) < 4.78 is 16.5. The molecule has 0 saturated heterocycles. The van der Waals surface area contributed by atoms with E-state index < -0.39 is 8.80 Å². The maximum atomic E-state index is 5.67. The lowest BCUT2D eigenvalue weighted by Gasteiger charge is -2.27. The van der Waals surface area contributed by atoms with Gasteiger partial charge in [-0.15, -0.1) is 0 Å². The zero-order valence-corrected chi connectivity index (χ0v) is 11.2. The summed E-state index contributed by atoms with van der Waals surface area (Å²) in [5.74, 6) is 0.492. The summed E-state index contributed by atoms with van der Waals surface area (Å²) in [6.07, 6.45) is 0. The van der Waals surface area contributed by atoms with E-state index in [-0.39, 0.29) is 0 Å². The summed E-state index contributed by atoms with van der Waals surface area (Å²) >= 11 is 0. The van der Waals surface area contributed by atoms with Crippen molar-refractivity contribution < 1.29 is 13.3 Å². The van der Waals surface area contributed by atoms with Crippen molar-refractivity contribution in [2.45, 2.75) is 19.9 Å². The summed E-state index contributed by atoms with van der Waals surface area (Å²) in [6.45, 7) is 6.01. The number of rotatable bonds is 9. The van der Waals surface area contributed by atoms with Crippen molar-refractivity contribution in [3.8, 4) is 0 Å². The van der Waals surface area contributed by atoms with Crippen LogP contribution in [0.4, 0.5) is 0 Å². The summed E-state index contributed by atoms with van der Waals surface area (Å²) in [4.78, 5) is 0. The molecule has 0 unspecified atom stereocenters. The molecule has 0 heterocycles. The lowest BCUT2D eigenvalue weighted by atomic mass is 10.3. The van der Waals surface area contributed by atoms with Crippen LogP contribution in [0.25, 0.3) is 0 Å². The summed E-state index contributed by atoms with van der Waals surface area (Å²) in [7, 11) is 0.820. The lowest BCUT2D eigenvalue weighted by Crippen LogP contribution is -2.47. The van der Waals surface area contributed by atoms with Crippen LogP contribution in [0, 0.1) is 5.92 Å². The monoisotopic (exact) mass is 236 g/mol. The van der Waals surface area contributed by atoms with Crippen LogP contribution in [0.5, 0.6) is 0 Å². The minimum atomic E-state index is -2.46. The zero-order valence-electron chi connectivity index (χ0n) is 10.2. The van der Waals surface area contributed by atoms with Crippen LogP contribution in [0.1, 0.15) is 13.8 Å². The first-order valence-corrected chi connectivity index (χ1v) is 7.18. The minimum absolute atomic E-state index is 0.428. The molecule has 0 aromatic carbocycles. The van der Waals surface area contributed by atoms with Crippen molar-refractivity contribution in [1.82, 2.24) is 5.32 Å². The van der Waals surface area contributed by atoms with Gasteiger partial charge < -0.3 is 19.0 Å². The standard InChI is InChI=1S/C9H24N2O3Si/c1-9(2)7-15(12-3,13-4)14-8-11-6-5-10/h9,11H,5-8,10H2,1-4H3. The van der Waals surface area contributed by atoms with Crippen LogP contribution < -0.4 is 11.1 Å². The molecular weight excluding hydrogens is 212 g/mol. The van der Waals surface area contributed by atoms with Crippen molar-refractivity contribution >= 4 is 8.80 Å². The van der Waals surface area contributed by atoms with Gasteiger partial charge in [-0.25, -0.2) is 0 Å². The highest BCUT2D eigenvalue weighted by Gasteiger charge is 2.39. The molecule has 0 aromatic rings. The highest BCUT2D eigenvalue weighted by atomic mass is 28.4. The number of hydrogen-bond acceptors (Lipinski definition) is 5. The summed E-state index contributed by atoms with van der Waals surface area (Å²) in [5, 5.41) is 3.06. The molecule has 5 nitrogen and oxygen atoms in total. The van der Waals surface area contributed by atoms with Gasteiger partial charge in [0.1, 0.15) is 0 Å². The maximum absolute atomic E-state index is 5.67. The molecule has 0 saturated carbocycles.